The summed E-state index contributed by atoms with van der Waals surface area (Å²) >= 11 is 1.17. The molecule has 5 aromatic rings. The molecule has 0 spiro atoms. The minimum absolute atomic E-state index is 0.0386. The normalized spacial score (nSPS) is 11.1. The van der Waals surface area contributed by atoms with Gasteiger partial charge in [0.25, 0.3) is 0 Å². The Labute approximate surface area is 208 Å². The van der Waals surface area contributed by atoms with Crippen molar-refractivity contribution in [3.05, 3.63) is 94.4 Å². The lowest BCUT2D eigenvalue weighted by molar-refractivity contribution is -0.387. The molecule has 0 saturated carbocycles. The van der Waals surface area contributed by atoms with E-state index in [-0.39, 0.29) is 11.4 Å². The van der Waals surface area contributed by atoms with Gasteiger partial charge in [0.2, 0.25) is 11.7 Å². The van der Waals surface area contributed by atoms with Crippen molar-refractivity contribution in [3.8, 4) is 17.1 Å². The van der Waals surface area contributed by atoms with Gasteiger partial charge in [0.1, 0.15) is 0 Å². The number of rotatable bonds is 7. The molecule has 11 heteroatoms. The Hall–Kier alpha value is -4.51. The number of nitro groups is 1. The number of H-pyrrole nitrogens is 1. The van der Waals surface area contributed by atoms with E-state index in [1.807, 2.05) is 66.2 Å². The van der Waals surface area contributed by atoms with Crippen LogP contribution in [0.15, 0.2) is 78.1 Å². The van der Waals surface area contributed by atoms with Crippen molar-refractivity contribution in [3.63, 3.8) is 0 Å². The number of anilines is 1. The van der Waals surface area contributed by atoms with Crippen molar-refractivity contribution in [2.24, 2.45) is 0 Å². The number of hydrogen-bond donors (Lipinski definition) is 2. The van der Waals surface area contributed by atoms with E-state index in [0.29, 0.717) is 11.0 Å². The van der Waals surface area contributed by atoms with Gasteiger partial charge in [-0.3, -0.25) is 19.5 Å². The average Bonchev–Trinajstić information content (AvgIpc) is 3.48. The summed E-state index contributed by atoms with van der Waals surface area (Å²) < 4.78 is 15.5. The number of nitrogens with zero attached hydrogens (tertiary/aromatic N) is 4. The fraction of sp³-hybridized carbons (Fsp3) is 0.0800. The minimum Gasteiger partial charge on any atom is -0.360 e. The van der Waals surface area contributed by atoms with Gasteiger partial charge in [-0.2, -0.15) is 4.39 Å². The van der Waals surface area contributed by atoms with Gasteiger partial charge in [0.15, 0.2) is 11.0 Å². The number of aromatic amines is 1. The summed E-state index contributed by atoms with van der Waals surface area (Å²) in [4.78, 5) is 26.0. The molecule has 2 N–H and O–H groups in total. The molecule has 3 aromatic carbocycles. The lowest BCUT2D eigenvalue weighted by Gasteiger charge is -2.12. The van der Waals surface area contributed by atoms with Gasteiger partial charge >= 0.3 is 5.69 Å². The van der Waals surface area contributed by atoms with Gasteiger partial charge in [-0.05, 0) is 36.8 Å². The zero-order valence-electron chi connectivity index (χ0n) is 18.9. The SMILES string of the molecule is Cc1ccccc1-n1c(SCC(=O)Nc2ccc(F)c([N+](=O)[O-])c2)nnc1-c1c[nH]c2ccccc12. The number of benzene rings is 3. The maximum atomic E-state index is 13.6. The van der Waals surface area contributed by atoms with Crippen LogP contribution in [0.3, 0.4) is 0 Å². The second kappa shape index (κ2) is 9.62. The van der Waals surface area contributed by atoms with Crippen molar-refractivity contribution in [2.75, 3.05) is 11.1 Å². The third kappa shape index (κ3) is 4.43. The number of thioether (sulfide) groups is 1. The lowest BCUT2D eigenvalue weighted by Crippen LogP contribution is -2.15. The van der Waals surface area contributed by atoms with Gasteiger partial charge in [0.05, 0.1) is 16.4 Å². The molecule has 5 rings (SSSR count). The van der Waals surface area contributed by atoms with E-state index in [2.05, 4.69) is 20.5 Å². The van der Waals surface area contributed by atoms with Crippen LogP contribution in [0.4, 0.5) is 15.8 Å². The van der Waals surface area contributed by atoms with Crippen LogP contribution in [0, 0.1) is 22.9 Å². The highest BCUT2D eigenvalue weighted by atomic mass is 32.2. The Morgan fingerprint density at radius 3 is 2.72 bits per heavy atom. The largest absolute Gasteiger partial charge is 0.360 e. The van der Waals surface area contributed by atoms with Gasteiger partial charge in [-0.1, -0.05) is 48.2 Å². The molecule has 1 amide bonds. The van der Waals surface area contributed by atoms with Crippen molar-refractivity contribution < 1.29 is 14.1 Å². The Bertz CT molecular complexity index is 1610. The molecule has 0 aliphatic heterocycles. The molecule has 2 aromatic heterocycles. The molecule has 0 fully saturated rings. The van der Waals surface area contributed by atoms with E-state index in [9.17, 15) is 19.3 Å². The van der Waals surface area contributed by atoms with Gasteiger partial charge in [-0.15, -0.1) is 10.2 Å². The smallest absolute Gasteiger partial charge is 0.306 e. The van der Waals surface area contributed by atoms with E-state index in [4.69, 9.17) is 0 Å². The number of nitrogens with one attached hydrogen (secondary N) is 2. The van der Waals surface area contributed by atoms with Crippen molar-refractivity contribution in [2.45, 2.75) is 12.1 Å². The van der Waals surface area contributed by atoms with E-state index in [1.54, 1.807) is 0 Å². The number of para-hydroxylation sites is 2. The lowest BCUT2D eigenvalue weighted by atomic mass is 10.1. The number of aromatic nitrogens is 4. The summed E-state index contributed by atoms with van der Waals surface area (Å²) in [5.41, 5.74) is 3.14. The van der Waals surface area contributed by atoms with Crippen molar-refractivity contribution >= 4 is 39.9 Å². The van der Waals surface area contributed by atoms with E-state index in [0.717, 1.165) is 39.8 Å². The maximum absolute atomic E-state index is 13.6. The fourth-order valence-corrected chi connectivity index (χ4v) is 4.63. The van der Waals surface area contributed by atoms with Gasteiger partial charge in [-0.25, -0.2) is 0 Å². The predicted octanol–water partition coefficient (Wildman–Crippen LogP) is 5.50. The van der Waals surface area contributed by atoms with Crippen molar-refractivity contribution in [1.29, 1.82) is 0 Å². The molecule has 180 valence electrons. The summed E-state index contributed by atoms with van der Waals surface area (Å²) in [7, 11) is 0. The Morgan fingerprint density at radius 2 is 1.92 bits per heavy atom. The molecule has 0 radical (unpaired) electrons. The van der Waals surface area contributed by atoms with Gasteiger partial charge in [0, 0.05) is 34.4 Å². The first-order chi connectivity index (χ1) is 17.4. The van der Waals surface area contributed by atoms with Crippen LogP contribution in [-0.2, 0) is 4.79 Å². The summed E-state index contributed by atoms with van der Waals surface area (Å²) in [6, 6.07) is 18.9. The van der Waals surface area contributed by atoms with E-state index >= 15 is 0 Å². The molecule has 36 heavy (non-hydrogen) atoms. The Balaban J connectivity index is 1.45. The highest BCUT2D eigenvalue weighted by Gasteiger charge is 2.21. The molecular formula is C25H19FN6O3S. The minimum atomic E-state index is -0.969. The quantitative estimate of drug-likeness (QED) is 0.172. The van der Waals surface area contributed by atoms with Crippen LogP contribution in [-0.4, -0.2) is 36.3 Å². The third-order valence-corrected chi connectivity index (χ3v) is 6.51. The Morgan fingerprint density at radius 1 is 1.14 bits per heavy atom. The predicted molar refractivity (Wildman–Crippen MR) is 136 cm³/mol. The molecule has 0 atom stereocenters. The molecular weight excluding hydrogens is 483 g/mol. The first-order valence-electron chi connectivity index (χ1n) is 10.9. The topological polar surface area (TPSA) is 119 Å². The molecule has 9 nitrogen and oxygen atoms in total. The highest BCUT2D eigenvalue weighted by Crippen LogP contribution is 2.33. The highest BCUT2D eigenvalue weighted by molar-refractivity contribution is 7.99. The second-order valence-corrected chi connectivity index (χ2v) is 8.88. The number of nitro benzene ring substituents is 1. The summed E-state index contributed by atoms with van der Waals surface area (Å²) in [6.07, 6.45) is 1.88. The van der Waals surface area contributed by atoms with Crippen LogP contribution < -0.4 is 5.32 Å². The van der Waals surface area contributed by atoms with Crippen LogP contribution in [0.2, 0.25) is 0 Å². The van der Waals surface area contributed by atoms with Gasteiger partial charge < -0.3 is 10.3 Å². The summed E-state index contributed by atoms with van der Waals surface area (Å²) in [6.45, 7) is 1.98. The first-order valence-corrected chi connectivity index (χ1v) is 11.9. The zero-order valence-corrected chi connectivity index (χ0v) is 19.8. The average molecular weight is 503 g/mol. The maximum Gasteiger partial charge on any atom is 0.306 e. The monoisotopic (exact) mass is 502 g/mol. The van der Waals surface area contributed by atoms with E-state index < -0.39 is 22.3 Å². The molecule has 0 unspecified atom stereocenters. The van der Waals surface area contributed by atoms with E-state index in [1.165, 1.54) is 17.8 Å². The molecule has 0 aliphatic rings. The van der Waals surface area contributed by atoms with Crippen LogP contribution in [0.1, 0.15) is 5.56 Å². The standard InChI is InChI=1S/C25H19FN6O3S/c1-15-6-2-5-9-21(15)31-24(18-13-27-20-8-4-3-7-17(18)20)29-30-25(31)36-14-23(33)28-16-10-11-19(26)22(12-16)32(34)35/h2-13,27H,14H2,1H3,(H,28,33). The van der Waals surface area contributed by atoms with Crippen LogP contribution >= 0.6 is 11.8 Å². The third-order valence-electron chi connectivity index (χ3n) is 5.58. The first kappa shape index (κ1) is 23.2. The Kier molecular flexibility index (Phi) is 6.21. The number of carbonyl (C=O) groups is 1. The van der Waals surface area contributed by atoms with Crippen molar-refractivity contribution in [1.82, 2.24) is 19.7 Å². The van der Waals surface area contributed by atoms with Crippen LogP contribution in [0.5, 0.6) is 0 Å². The summed E-state index contributed by atoms with van der Waals surface area (Å²) in [5, 5.41) is 23.9. The number of carbonyl (C=O) groups excluding carboxylic acids is 1. The molecule has 0 aliphatic carbocycles. The number of amides is 1. The number of hydrogen-bond acceptors (Lipinski definition) is 6. The molecule has 2 heterocycles. The molecule has 0 saturated heterocycles. The summed E-state index contributed by atoms with van der Waals surface area (Å²) in [5.74, 6) is -0.806. The van der Waals surface area contributed by atoms with Crippen LogP contribution in [0.25, 0.3) is 28.0 Å². The number of fused-ring (bicyclic) bond motifs is 1. The number of halogens is 1. The molecule has 0 bridgehead atoms. The number of aryl methyl sites for hydroxylation is 1. The second-order valence-electron chi connectivity index (χ2n) is 7.94. The zero-order chi connectivity index (χ0) is 25.2. The fourth-order valence-electron chi connectivity index (χ4n) is 3.88.